The predicted molar refractivity (Wildman–Crippen MR) is 64.4 cm³/mol. The molecule has 16 heavy (non-hydrogen) atoms. The van der Waals surface area contributed by atoms with E-state index in [1.165, 1.54) is 12.1 Å². The molecule has 3 nitrogen and oxygen atoms in total. The number of nitrogens with one attached hydrogen (secondary N) is 1. The number of carboxylic acid groups (broad SMARTS) is 1. The molecule has 0 heterocycles. The summed E-state index contributed by atoms with van der Waals surface area (Å²) in [7, 11) is 0. The smallest absolute Gasteiger partial charge is 0.336 e. The lowest BCUT2D eigenvalue weighted by Gasteiger charge is -2.08. The summed E-state index contributed by atoms with van der Waals surface area (Å²) >= 11 is 2.92. The van der Waals surface area contributed by atoms with Gasteiger partial charge >= 0.3 is 5.97 Å². The highest BCUT2D eigenvalue weighted by atomic mass is 79.9. The lowest BCUT2D eigenvalue weighted by atomic mass is 10.2. The van der Waals surface area contributed by atoms with E-state index in [1.54, 1.807) is 6.08 Å². The molecular weight excluding hydrogens is 277 g/mol. The third-order valence-electron chi connectivity index (χ3n) is 1.98. The van der Waals surface area contributed by atoms with E-state index in [-0.39, 0.29) is 15.7 Å². The van der Waals surface area contributed by atoms with E-state index >= 15 is 0 Å². The maximum absolute atomic E-state index is 13.7. The van der Waals surface area contributed by atoms with E-state index in [9.17, 15) is 9.18 Å². The largest absolute Gasteiger partial charge is 0.478 e. The Labute approximate surface area is 101 Å². The summed E-state index contributed by atoms with van der Waals surface area (Å²) in [4.78, 5) is 10.7. The average Bonchev–Trinajstić information content (AvgIpc) is 2.24. The normalized spacial score (nSPS) is 9.88. The van der Waals surface area contributed by atoms with Gasteiger partial charge in [-0.2, -0.15) is 0 Å². The van der Waals surface area contributed by atoms with Gasteiger partial charge in [0.05, 0.1) is 15.7 Å². The Balaban J connectivity index is 2.93. The van der Waals surface area contributed by atoms with Crippen LogP contribution in [0, 0.1) is 5.82 Å². The molecular formula is C11H11BrFNO2. The first-order valence-electron chi connectivity index (χ1n) is 4.64. The summed E-state index contributed by atoms with van der Waals surface area (Å²) in [5.74, 6) is -1.76. The number of carbonyl (C=O) groups is 1. The lowest BCUT2D eigenvalue weighted by Crippen LogP contribution is -2.05. The van der Waals surface area contributed by atoms with Crippen molar-refractivity contribution in [3.8, 4) is 0 Å². The van der Waals surface area contributed by atoms with Crippen LogP contribution in [-0.4, -0.2) is 17.6 Å². The number of carboxylic acids is 1. The van der Waals surface area contributed by atoms with E-state index < -0.39 is 11.8 Å². The van der Waals surface area contributed by atoms with Crippen LogP contribution in [0.2, 0.25) is 0 Å². The van der Waals surface area contributed by atoms with Crippen molar-refractivity contribution < 1.29 is 14.3 Å². The fraction of sp³-hybridized carbons (Fsp3) is 0.182. The zero-order chi connectivity index (χ0) is 12.1. The Morgan fingerprint density at radius 1 is 1.62 bits per heavy atom. The van der Waals surface area contributed by atoms with Gasteiger partial charge in [0.1, 0.15) is 0 Å². The Morgan fingerprint density at radius 2 is 2.31 bits per heavy atom. The zero-order valence-corrected chi connectivity index (χ0v) is 10.1. The monoisotopic (exact) mass is 287 g/mol. The summed E-state index contributed by atoms with van der Waals surface area (Å²) in [6.07, 6.45) is 2.42. The van der Waals surface area contributed by atoms with E-state index in [0.29, 0.717) is 13.0 Å². The molecule has 1 aromatic carbocycles. The number of aromatic carboxylic acids is 1. The van der Waals surface area contributed by atoms with Gasteiger partial charge in [-0.1, -0.05) is 6.08 Å². The fourth-order valence-electron chi connectivity index (χ4n) is 1.16. The summed E-state index contributed by atoms with van der Waals surface area (Å²) in [5, 5.41) is 11.6. The van der Waals surface area contributed by atoms with Gasteiger partial charge in [-0.15, -0.1) is 6.58 Å². The van der Waals surface area contributed by atoms with Crippen molar-refractivity contribution in [2.24, 2.45) is 0 Å². The van der Waals surface area contributed by atoms with E-state index in [4.69, 9.17) is 5.11 Å². The molecule has 0 saturated carbocycles. The van der Waals surface area contributed by atoms with Crippen LogP contribution in [0.5, 0.6) is 0 Å². The average molecular weight is 288 g/mol. The van der Waals surface area contributed by atoms with Crippen molar-refractivity contribution >= 4 is 27.6 Å². The molecule has 0 saturated heterocycles. The molecule has 0 fully saturated rings. The molecule has 5 heteroatoms. The second-order valence-electron chi connectivity index (χ2n) is 3.10. The summed E-state index contributed by atoms with van der Waals surface area (Å²) in [6.45, 7) is 4.10. The first-order chi connectivity index (χ1) is 7.57. The quantitative estimate of drug-likeness (QED) is 0.645. The molecule has 2 N–H and O–H groups in total. The minimum absolute atomic E-state index is 0.0383. The molecule has 1 rings (SSSR count). The van der Waals surface area contributed by atoms with Crippen LogP contribution in [-0.2, 0) is 0 Å². The van der Waals surface area contributed by atoms with Gasteiger partial charge in [0.25, 0.3) is 0 Å². The van der Waals surface area contributed by atoms with Gasteiger partial charge in [-0.05, 0) is 34.5 Å². The molecule has 0 aromatic heterocycles. The second kappa shape index (κ2) is 5.65. The molecule has 86 valence electrons. The number of hydrogen-bond donors (Lipinski definition) is 2. The zero-order valence-electron chi connectivity index (χ0n) is 8.46. The molecule has 0 aliphatic rings. The van der Waals surface area contributed by atoms with Crippen LogP contribution < -0.4 is 5.32 Å². The molecule has 0 aliphatic heterocycles. The highest BCUT2D eigenvalue weighted by molar-refractivity contribution is 9.10. The van der Waals surface area contributed by atoms with Crippen molar-refractivity contribution in [2.75, 3.05) is 11.9 Å². The topological polar surface area (TPSA) is 49.3 Å². The maximum Gasteiger partial charge on any atom is 0.336 e. The van der Waals surface area contributed by atoms with Crippen LogP contribution in [0.4, 0.5) is 10.1 Å². The highest BCUT2D eigenvalue weighted by Gasteiger charge is 2.15. The number of rotatable bonds is 5. The van der Waals surface area contributed by atoms with Crippen LogP contribution in [0.3, 0.4) is 0 Å². The van der Waals surface area contributed by atoms with Gasteiger partial charge in [0, 0.05) is 6.54 Å². The van der Waals surface area contributed by atoms with E-state index in [1.807, 2.05) is 0 Å². The second-order valence-corrected chi connectivity index (χ2v) is 3.89. The van der Waals surface area contributed by atoms with Gasteiger partial charge in [-0.3, -0.25) is 0 Å². The standard InChI is InChI=1S/C11H11BrFNO2/c1-2-3-6-14-8-5-4-7(11(15)16)9(12)10(8)13/h2,4-5,14H,1,3,6H2,(H,15,16). The van der Waals surface area contributed by atoms with Gasteiger partial charge in [0.15, 0.2) is 5.82 Å². The maximum atomic E-state index is 13.7. The minimum atomic E-state index is -1.16. The predicted octanol–water partition coefficient (Wildman–Crippen LogP) is 3.27. The number of anilines is 1. The van der Waals surface area contributed by atoms with Crippen molar-refractivity contribution in [2.45, 2.75) is 6.42 Å². The first-order valence-corrected chi connectivity index (χ1v) is 5.43. The van der Waals surface area contributed by atoms with Crippen molar-refractivity contribution in [1.82, 2.24) is 0 Å². The van der Waals surface area contributed by atoms with Gasteiger partial charge in [0.2, 0.25) is 0 Å². The molecule has 0 radical (unpaired) electrons. The SMILES string of the molecule is C=CCCNc1ccc(C(=O)O)c(Br)c1F. The lowest BCUT2D eigenvalue weighted by molar-refractivity contribution is 0.0695. The van der Waals surface area contributed by atoms with Crippen LogP contribution in [0.1, 0.15) is 16.8 Å². The molecule has 0 unspecified atom stereocenters. The third-order valence-corrected chi connectivity index (χ3v) is 2.75. The summed E-state index contributed by atoms with van der Waals surface area (Å²) in [5.41, 5.74) is 0.186. The van der Waals surface area contributed by atoms with Crippen LogP contribution in [0.15, 0.2) is 29.3 Å². The van der Waals surface area contributed by atoms with Gasteiger partial charge in [-0.25, -0.2) is 9.18 Å². The van der Waals surface area contributed by atoms with Crippen LogP contribution >= 0.6 is 15.9 Å². The summed E-state index contributed by atoms with van der Waals surface area (Å²) < 4.78 is 13.6. The molecule has 0 atom stereocenters. The Bertz CT molecular complexity index is 421. The molecule has 0 amide bonds. The number of halogens is 2. The third kappa shape index (κ3) is 2.82. The molecule has 1 aromatic rings. The summed E-state index contributed by atoms with van der Waals surface area (Å²) in [6, 6.07) is 2.76. The van der Waals surface area contributed by atoms with E-state index in [0.717, 1.165) is 0 Å². The van der Waals surface area contributed by atoms with E-state index in [2.05, 4.69) is 27.8 Å². The fourth-order valence-corrected chi connectivity index (χ4v) is 1.68. The van der Waals surface area contributed by atoms with Gasteiger partial charge < -0.3 is 10.4 Å². The highest BCUT2D eigenvalue weighted by Crippen LogP contribution is 2.27. The Morgan fingerprint density at radius 3 is 2.88 bits per heavy atom. The molecule has 0 aliphatic carbocycles. The first kappa shape index (κ1) is 12.7. The number of benzene rings is 1. The van der Waals surface area contributed by atoms with Crippen molar-refractivity contribution in [3.63, 3.8) is 0 Å². The Kier molecular flexibility index (Phi) is 4.49. The molecule has 0 bridgehead atoms. The molecule has 0 spiro atoms. The Hall–Kier alpha value is -1.36. The van der Waals surface area contributed by atoms with Crippen molar-refractivity contribution in [1.29, 1.82) is 0 Å². The van der Waals surface area contributed by atoms with Crippen molar-refractivity contribution in [3.05, 3.63) is 40.6 Å². The number of hydrogen-bond acceptors (Lipinski definition) is 2. The minimum Gasteiger partial charge on any atom is -0.478 e. The van der Waals surface area contributed by atoms with Crippen LogP contribution in [0.25, 0.3) is 0 Å².